The average molecular weight is 678 g/mol. The highest BCUT2D eigenvalue weighted by Crippen LogP contribution is 2.40. The van der Waals surface area contributed by atoms with Crippen molar-refractivity contribution in [2.24, 2.45) is 4.99 Å². The van der Waals surface area contributed by atoms with E-state index in [2.05, 4.69) is 25.9 Å². The third kappa shape index (κ3) is 5.46. The number of ether oxygens (including phenoxy) is 2. The maximum absolute atomic E-state index is 14.2. The number of hydrogen-bond donors (Lipinski definition) is 0. The first-order valence-corrected chi connectivity index (χ1v) is 15.7. The number of rotatable bonds is 7. The van der Waals surface area contributed by atoms with Crippen molar-refractivity contribution in [3.8, 4) is 5.75 Å². The summed E-state index contributed by atoms with van der Waals surface area (Å²) in [6, 6.07) is 14.4. The summed E-state index contributed by atoms with van der Waals surface area (Å²) in [6.45, 7) is 5.58. The number of thiazole rings is 1. The quantitative estimate of drug-likeness (QED) is 0.163. The summed E-state index contributed by atoms with van der Waals surface area (Å²) < 4.78 is 20.0. The van der Waals surface area contributed by atoms with E-state index in [9.17, 15) is 9.59 Å². The van der Waals surface area contributed by atoms with Gasteiger partial charge in [-0.25, -0.2) is 19.8 Å². The number of carbonyl (C=O) groups excluding carboxylic acids is 1. The molecule has 0 bridgehead atoms. The van der Waals surface area contributed by atoms with Gasteiger partial charge in [0.2, 0.25) is 0 Å². The van der Waals surface area contributed by atoms with Crippen LogP contribution in [0.15, 0.2) is 94.9 Å². The van der Waals surface area contributed by atoms with Crippen molar-refractivity contribution in [2.75, 3.05) is 13.7 Å². The molecular weight excluding hydrogens is 652 g/mol. The molecule has 1 atom stereocenters. The van der Waals surface area contributed by atoms with Gasteiger partial charge in [-0.05, 0) is 77.4 Å². The zero-order chi connectivity index (χ0) is 30.2. The molecule has 6 rings (SSSR count). The van der Waals surface area contributed by atoms with Crippen LogP contribution in [0, 0.1) is 6.92 Å². The third-order valence-electron chi connectivity index (χ3n) is 6.85. The molecule has 2 aromatic carbocycles. The van der Waals surface area contributed by atoms with Crippen LogP contribution in [0.1, 0.15) is 36.9 Å². The van der Waals surface area contributed by atoms with Crippen molar-refractivity contribution >= 4 is 61.8 Å². The number of fused-ring (bicyclic) bond motifs is 2. The van der Waals surface area contributed by atoms with Gasteiger partial charge < -0.3 is 13.9 Å². The minimum atomic E-state index is -0.827. The molecule has 0 radical (unpaired) electrons. The van der Waals surface area contributed by atoms with E-state index in [-0.39, 0.29) is 17.7 Å². The number of halogens is 1. The van der Waals surface area contributed by atoms with E-state index in [1.54, 1.807) is 43.9 Å². The molecule has 12 heteroatoms. The summed E-state index contributed by atoms with van der Waals surface area (Å²) in [4.78, 5) is 41.5. The Morgan fingerprint density at radius 2 is 2.02 bits per heavy atom. The summed E-state index contributed by atoms with van der Waals surface area (Å²) in [7, 11) is 1.57. The number of benzene rings is 2. The van der Waals surface area contributed by atoms with Crippen LogP contribution in [0.4, 0.5) is 0 Å². The molecule has 1 aliphatic heterocycles. The number of aromatic nitrogens is 3. The van der Waals surface area contributed by atoms with Gasteiger partial charge >= 0.3 is 5.97 Å². The van der Waals surface area contributed by atoms with E-state index in [4.69, 9.17) is 18.9 Å². The molecule has 0 saturated carbocycles. The lowest BCUT2D eigenvalue weighted by molar-refractivity contribution is -0.139. The van der Waals surface area contributed by atoms with Crippen molar-refractivity contribution in [1.29, 1.82) is 0 Å². The molecule has 5 aromatic rings. The van der Waals surface area contributed by atoms with E-state index in [0.717, 1.165) is 16.5 Å². The first kappa shape index (κ1) is 29.1. The first-order valence-electron chi connectivity index (χ1n) is 13.3. The Kier molecular flexibility index (Phi) is 8.08. The zero-order valence-corrected chi connectivity index (χ0v) is 26.8. The van der Waals surface area contributed by atoms with Crippen LogP contribution in [-0.4, -0.2) is 34.2 Å². The average Bonchev–Trinajstić information content (AvgIpc) is 3.48. The van der Waals surface area contributed by atoms with Gasteiger partial charge in [-0.2, -0.15) is 0 Å². The molecule has 0 amide bonds. The van der Waals surface area contributed by atoms with Crippen molar-refractivity contribution in [3.05, 3.63) is 107 Å². The van der Waals surface area contributed by atoms with E-state index < -0.39 is 12.0 Å². The number of furan rings is 1. The van der Waals surface area contributed by atoms with E-state index in [0.29, 0.717) is 46.8 Å². The zero-order valence-electron chi connectivity index (χ0n) is 23.6. The molecule has 0 fully saturated rings. The maximum atomic E-state index is 14.2. The minimum Gasteiger partial charge on any atom is -0.496 e. The second kappa shape index (κ2) is 11.9. The first-order chi connectivity index (χ1) is 20.8. The largest absolute Gasteiger partial charge is 0.496 e. The van der Waals surface area contributed by atoms with Crippen molar-refractivity contribution in [2.45, 2.75) is 37.1 Å². The van der Waals surface area contributed by atoms with Crippen LogP contribution < -0.4 is 19.6 Å². The highest BCUT2D eigenvalue weighted by Gasteiger charge is 2.36. The van der Waals surface area contributed by atoms with E-state index >= 15 is 0 Å². The highest BCUT2D eigenvalue weighted by molar-refractivity contribution is 9.10. The van der Waals surface area contributed by atoms with Crippen LogP contribution in [-0.2, 0) is 9.53 Å². The lowest BCUT2D eigenvalue weighted by Crippen LogP contribution is -2.40. The molecule has 0 N–H and O–H groups in total. The van der Waals surface area contributed by atoms with E-state index in [1.165, 1.54) is 23.1 Å². The number of allylic oxidation sites excluding steroid dienone is 1. The van der Waals surface area contributed by atoms with Crippen molar-refractivity contribution < 1.29 is 18.7 Å². The molecule has 9 nitrogen and oxygen atoms in total. The molecule has 3 aromatic heterocycles. The Labute approximate surface area is 262 Å². The molecule has 4 heterocycles. The van der Waals surface area contributed by atoms with Crippen LogP contribution >= 0.6 is 39.0 Å². The smallest absolute Gasteiger partial charge is 0.338 e. The standard InChI is InChI=1S/C31H25BrN4O5S2/c1-5-40-28(38)24-17(3)35-31-36(26(24)25-20-9-7-6-8-18(20)10-11-22(25)39-4)27(37)23(42-31)15-19-14-21(32)29(41-19)43-30-33-13-12-16(2)34-30/h6-15,26H,5H2,1-4H3/b23-15+/t26-/m0/s1. The molecular formula is C31H25BrN4O5S2. The second-order valence-corrected chi connectivity index (χ2v) is 12.4. The van der Waals surface area contributed by atoms with Gasteiger partial charge in [-0.3, -0.25) is 9.36 Å². The monoisotopic (exact) mass is 676 g/mol. The Morgan fingerprint density at radius 3 is 2.79 bits per heavy atom. The molecule has 43 heavy (non-hydrogen) atoms. The Hall–Kier alpha value is -4.00. The third-order valence-corrected chi connectivity index (χ3v) is 9.55. The lowest BCUT2D eigenvalue weighted by Gasteiger charge is -2.27. The Balaban J connectivity index is 1.53. The number of esters is 1. The molecule has 1 aliphatic rings. The minimum absolute atomic E-state index is 0.181. The van der Waals surface area contributed by atoms with Gasteiger partial charge in [-0.1, -0.05) is 41.7 Å². The lowest BCUT2D eigenvalue weighted by atomic mass is 9.90. The topological polar surface area (TPSA) is 109 Å². The number of methoxy groups -OCH3 is 1. The predicted octanol–water partition coefficient (Wildman–Crippen LogP) is 5.57. The van der Waals surface area contributed by atoms with Gasteiger partial charge in [0.1, 0.15) is 17.6 Å². The predicted molar refractivity (Wildman–Crippen MR) is 168 cm³/mol. The van der Waals surface area contributed by atoms with Crippen molar-refractivity contribution in [1.82, 2.24) is 14.5 Å². The second-order valence-electron chi connectivity index (χ2n) is 9.57. The van der Waals surface area contributed by atoms with Crippen LogP contribution in [0.5, 0.6) is 5.75 Å². The van der Waals surface area contributed by atoms with E-state index in [1.807, 2.05) is 49.4 Å². The van der Waals surface area contributed by atoms with Crippen LogP contribution in [0.2, 0.25) is 0 Å². The summed E-state index contributed by atoms with van der Waals surface area (Å²) in [5.41, 5.74) is 1.97. The van der Waals surface area contributed by atoms with Crippen LogP contribution in [0.3, 0.4) is 0 Å². The summed E-state index contributed by atoms with van der Waals surface area (Å²) in [5, 5.41) is 2.91. The van der Waals surface area contributed by atoms with Gasteiger partial charge in [-0.15, -0.1) is 0 Å². The molecule has 218 valence electrons. The van der Waals surface area contributed by atoms with Crippen LogP contribution in [0.25, 0.3) is 16.8 Å². The summed E-state index contributed by atoms with van der Waals surface area (Å²) in [5.74, 6) is 0.478. The van der Waals surface area contributed by atoms with Gasteiger partial charge in [0.05, 0.1) is 34.0 Å². The van der Waals surface area contributed by atoms with Gasteiger partial charge in [0, 0.05) is 23.5 Å². The Bertz CT molecular complexity index is 2110. The van der Waals surface area contributed by atoms with Gasteiger partial charge in [0.25, 0.3) is 5.56 Å². The summed E-state index contributed by atoms with van der Waals surface area (Å²) >= 11 is 6.04. The molecule has 0 unspecified atom stereocenters. The number of aryl methyl sites for hydroxylation is 1. The number of hydrogen-bond acceptors (Lipinski definition) is 10. The van der Waals surface area contributed by atoms with Gasteiger partial charge in [0.15, 0.2) is 15.1 Å². The summed E-state index contributed by atoms with van der Waals surface area (Å²) in [6.07, 6.45) is 3.37. The van der Waals surface area contributed by atoms with Crippen molar-refractivity contribution in [3.63, 3.8) is 0 Å². The Morgan fingerprint density at radius 1 is 1.21 bits per heavy atom. The fraction of sp³-hybridized carbons (Fsp3) is 0.194. The molecule has 0 spiro atoms. The molecule has 0 aliphatic carbocycles. The molecule has 0 saturated heterocycles. The normalized spacial score (nSPS) is 15.0. The number of nitrogens with zero attached hydrogens (tertiary/aromatic N) is 4. The number of carbonyl (C=O) groups is 1. The fourth-order valence-corrected chi connectivity index (χ4v) is 7.34. The fourth-order valence-electron chi connectivity index (χ4n) is 5.00. The SMILES string of the molecule is CCOC(=O)C1=C(C)N=c2s/c(=C/c3cc(Br)c(Sc4nccc(C)n4)o3)c(=O)n2[C@@H]1c1c(OC)ccc2ccccc12. The maximum Gasteiger partial charge on any atom is 0.338 e. The highest BCUT2D eigenvalue weighted by atomic mass is 79.9.